The summed E-state index contributed by atoms with van der Waals surface area (Å²) in [5, 5.41) is 3.34. The van der Waals surface area contributed by atoms with E-state index < -0.39 is 0 Å². The summed E-state index contributed by atoms with van der Waals surface area (Å²) < 4.78 is 6.04. The lowest BCUT2D eigenvalue weighted by Gasteiger charge is -2.22. The van der Waals surface area contributed by atoms with Crippen molar-refractivity contribution in [3.05, 3.63) is 84.1 Å². The Morgan fingerprint density at radius 3 is 2.61 bits per heavy atom. The molecule has 1 aliphatic heterocycles. The van der Waals surface area contributed by atoms with E-state index in [0.717, 1.165) is 45.7 Å². The second kappa shape index (κ2) is 6.61. The molecule has 0 radical (unpaired) electrons. The molecule has 0 unspecified atom stereocenters. The van der Waals surface area contributed by atoms with Gasteiger partial charge >= 0.3 is 0 Å². The van der Waals surface area contributed by atoms with Crippen LogP contribution < -0.4 is 10.1 Å². The van der Waals surface area contributed by atoms with Crippen molar-refractivity contribution in [1.82, 2.24) is 0 Å². The summed E-state index contributed by atoms with van der Waals surface area (Å²) >= 11 is 0. The van der Waals surface area contributed by atoms with Gasteiger partial charge in [-0.1, -0.05) is 67.5 Å². The van der Waals surface area contributed by atoms with Gasteiger partial charge in [0.25, 0.3) is 0 Å². The number of hydrogen-bond acceptors (Lipinski definition) is 2. The molecule has 0 amide bonds. The molecule has 23 heavy (non-hydrogen) atoms. The van der Waals surface area contributed by atoms with E-state index in [1.165, 1.54) is 0 Å². The van der Waals surface area contributed by atoms with Crippen molar-refractivity contribution in [1.29, 1.82) is 0 Å². The number of hydrogen-bond donors (Lipinski definition) is 1. The Hall–Kier alpha value is -2.68. The monoisotopic (exact) mass is 301 g/mol. The molecule has 1 heterocycles. The third-order valence-corrected chi connectivity index (χ3v) is 3.99. The van der Waals surface area contributed by atoms with E-state index >= 15 is 0 Å². The van der Waals surface area contributed by atoms with Crippen molar-refractivity contribution in [2.24, 2.45) is 0 Å². The van der Waals surface area contributed by atoms with E-state index in [1.54, 1.807) is 0 Å². The molecule has 3 heteroatoms. The zero-order valence-electron chi connectivity index (χ0n) is 13.4. The number of allylic oxidation sites excluding steroid dienone is 2. The first-order chi connectivity index (χ1) is 11.2. The average molecular weight is 301 g/mol. The minimum atomic E-state index is 0.541. The summed E-state index contributed by atoms with van der Waals surface area (Å²) in [4.78, 5) is 0. The lowest BCUT2D eigenvalue weighted by Crippen LogP contribution is -2.07. The fourth-order valence-electron chi connectivity index (χ4n) is 2.64. The topological polar surface area (TPSA) is 21.3 Å². The van der Waals surface area contributed by atoms with Crippen molar-refractivity contribution in [2.75, 3.05) is 5.32 Å². The Labute approximate surface area is 138 Å². The molecule has 0 aromatic heterocycles. The molecule has 1 N–H and O–H groups in total. The highest BCUT2D eigenvalue weighted by molar-refractivity contribution is 6.15. The average Bonchev–Trinajstić information content (AvgIpc) is 2.59. The molecule has 0 saturated carbocycles. The van der Waals surface area contributed by atoms with Crippen LogP contribution in [-0.4, -0.2) is 7.85 Å². The number of rotatable bonds is 5. The lowest BCUT2D eigenvalue weighted by molar-refractivity contribution is 0.307. The summed E-state index contributed by atoms with van der Waals surface area (Å²) in [6, 6.07) is 14.3. The van der Waals surface area contributed by atoms with Crippen LogP contribution in [0.5, 0.6) is 5.75 Å². The van der Waals surface area contributed by atoms with E-state index in [1.807, 2.05) is 30.3 Å². The van der Waals surface area contributed by atoms with E-state index in [2.05, 4.69) is 50.6 Å². The molecule has 0 atom stereocenters. The van der Waals surface area contributed by atoms with Crippen LogP contribution in [0.2, 0.25) is 6.32 Å². The highest BCUT2D eigenvalue weighted by Gasteiger charge is 2.17. The summed E-state index contributed by atoms with van der Waals surface area (Å²) in [6.45, 7) is 8.70. The summed E-state index contributed by atoms with van der Waals surface area (Å²) in [7, 11) is 2.12. The van der Waals surface area contributed by atoms with Gasteiger partial charge in [0.1, 0.15) is 20.2 Å². The van der Waals surface area contributed by atoms with Gasteiger partial charge in [0.2, 0.25) is 0 Å². The number of benzene rings is 2. The molecule has 0 spiro atoms. The third-order valence-electron chi connectivity index (χ3n) is 3.99. The minimum Gasteiger partial charge on any atom is -0.487 e. The van der Waals surface area contributed by atoms with Gasteiger partial charge in [-0.05, 0) is 23.3 Å². The Balaban J connectivity index is 1.94. The zero-order valence-corrected chi connectivity index (χ0v) is 13.4. The molecular formula is C20H20BNO. The Kier molecular flexibility index (Phi) is 4.38. The summed E-state index contributed by atoms with van der Waals surface area (Å²) in [5.74, 6) is 0.835. The maximum atomic E-state index is 6.04. The largest absolute Gasteiger partial charge is 0.487 e. The SMILES string of the molecule is BCC(=C)c1ccc(OCc2ccccc2)c2c1C=CC(=C)N2. The number of fused-ring (bicyclic) bond motifs is 1. The molecule has 2 aromatic rings. The Morgan fingerprint density at radius 2 is 1.87 bits per heavy atom. The Bertz CT molecular complexity index is 778. The molecule has 114 valence electrons. The van der Waals surface area contributed by atoms with Crippen molar-refractivity contribution < 1.29 is 4.74 Å². The first-order valence-electron chi connectivity index (χ1n) is 7.85. The van der Waals surface area contributed by atoms with Crippen LogP contribution in [-0.2, 0) is 6.61 Å². The highest BCUT2D eigenvalue weighted by Crippen LogP contribution is 2.39. The van der Waals surface area contributed by atoms with Gasteiger partial charge in [-0.2, -0.15) is 0 Å². The van der Waals surface area contributed by atoms with Crippen LogP contribution in [0.3, 0.4) is 0 Å². The van der Waals surface area contributed by atoms with E-state index in [0.29, 0.717) is 6.61 Å². The number of nitrogens with one attached hydrogen (secondary N) is 1. The number of ether oxygens (including phenoxy) is 1. The van der Waals surface area contributed by atoms with Crippen LogP contribution in [0.15, 0.2) is 67.4 Å². The molecule has 0 aliphatic carbocycles. The van der Waals surface area contributed by atoms with Crippen LogP contribution >= 0.6 is 0 Å². The van der Waals surface area contributed by atoms with Gasteiger partial charge in [0, 0.05) is 11.3 Å². The first-order valence-corrected chi connectivity index (χ1v) is 7.85. The van der Waals surface area contributed by atoms with E-state index in [4.69, 9.17) is 4.74 Å². The van der Waals surface area contributed by atoms with Crippen LogP contribution in [0, 0.1) is 0 Å². The minimum absolute atomic E-state index is 0.541. The van der Waals surface area contributed by atoms with E-state index in [-0.39, 0.29) is 0 Å². The standard InChI is InChI=1S/C20H20BNO/c1-14(12-21)17-10-11-19(20-18(17)9-8-15(2)22-20)23-13-16-6-4-3-5-7-16/h3-11,22H,1-2,12-13,21H2. The molecule has 2 aromatic carbocycles. The van der Waals surface area contributed by atoms with Gasteiger partial charge in [0.05, 0.1) is 5.69 Å². The number of anilines is 1. The first kappa shape index (κ1) is 15.2. The molecule has 2 nitrogen and oxygen atoms in total. The van der Waals surface area contributed by atoms with E-state index in [9.17, 15) is 0 Å². The lowest BCUT2D eigenvalue weighted by atomic mass is 9.88. The van der Waals surface area contributed by atoms with Gasteiger partial charge in [-0.15, -0.1) is 0 Å². The van der Waals surface area contributed by atoms with Crippen molar-refractivity contribution in [3.63, 3.8) is 0 Å². The van der Waals surface area contributed by atoms with Gasteiger partial charge < -0.3 is 10.1 Å². The quantitative estimate of drug-likeness (QED) is 0.832. The molecule has 0 bridgehead atoms. The normalized spacial score (nSPS) is 12.4. The predicted octanol–water partition coefficient (Wildman–Crippen LogP) is 4.28. The fraction of sp³-hybridized carbons (Fsp3) is 0.100. The maximum Gasteiger partial charge on any atom is 0.143 e. The van der Waals surface area contributed by atoms with Gasteiger partial charge in [-0.3, -0.25) is 0 Å². The molecular weight excluding hydrogens is 281 g/mol. The fourth-order valence-corrected chi connectivity index (χ4v) is 2.64. The van der Waals surface area contributed by atoms with Crippen LogP contribution in [0.1, 0.15) is 16.7 Å². The molecule has 1 aliphatic rings. The van der Waals surface area contributed by atoms with Crippen LogP contribution in [0.4, 0.5) is 5.69 Å². The molecule has 0 fully saturated rings. The van der Waals surface area contributed by atoms with Crippen molar-refractivity contribution in [3.8, 4) is 5.75 Å². The maximum absolute atomic E-state index is 6.04. The molecule has 0 saturated heterocycles. The van der Waals surface area contributed by atoms with Gasteiger partial charge in [-0.25, -0.2) is 0 Å². The molecule has 3 rings (SSSR count). The Morgan fingerprint density at radius 1 is 1.09 bits per heavy atom. The van der Waals surface area contributed by atoms with Crippen LogP contribution in [0.25, 0.3) is 11.6 Å². The third kappa shape index (κ3) is 3.24. The predicted molar refractivity (Wildman–Crippen MR) is 101 cm³/mol. The summed E-state index contributed by atoms with van der Waals surface area (Å²) in [6.07, 6.45) is 4.99. The van der Waals surface area contributed by atoms with Gasteiger partial charge in [0.15, 0.2) is 0 Å². The van der Waals surface area contributed by atoms with Crippen molar-refractivity contribution in [2.45, 2.75) is 12.9 Å². The zero-order chi connectivity index (χ0) is 16.2. The second-order valence-electron chi connectivity index (χ2n) is 5.61. The van der Waals surface area contributed by atoms with Crippen molar-refractivity contribution >= 4 is 25.2 Å². The summed E-state index contributed by atoms with van der Waals surface area (Å²) in [5.41, 5.74) is 6.38. The smallest absolute Gasteiger partial charge is 0.143 e. The highest BCUT2D eigenvalue weighted by atomic mass is 16.5. The second-order valence-corrected chi connectivity index (χ2v) is 5.61.